The predicted octanol–water partition coefficient (Wildman–Crippen LogP) is 2.27. The van der Waals surface area contributed by atoms with E-state index in [-0.39, 0.29) is 0 Å². The van der Waals surface area contributed by atoms with Crippen LogP contribution in [0.15, 0.2) is 24.3 Å². The molecule has 2 atom stereocenters. The minimum absolute atomic E-state index is 0.537. The third kappa shape index (κ3) is 3.13. The van der Waals surface area contributed by atoms with Gasteiger partial charge in [-0.15, -0.1) is 0 Å². The molecule has 1 saturated heterocycles. The van der Waals surface area contributed by atoms with E-state index in [0.29, 0.717) is 12.1 Å². The van der Waals surface area contributed by atoms with E-state index >= 15 is 0 Å². The average Bonchev–Trinajstić information content (AvgIpc) is 2.50. The highest BCUT2D eigenvalue weighted by molar-refractivity contribution is 5.49. The predicted molar refractivity (Wildman–Crippen MR) is 71.9 cm³/mol. The smallest absolute Gasteiger partial charge is 0.119 e. The lowest BCUT2D eigenvalue weighted by molar-refractivity contribution is 0.415. The van der Waals surface area contributed by atoms with Gasteiger partial charge in [0, 0.05) is 30.9 Å². The Morgan fingerprint density at radius 1 is 1.18 bits per heavy atom. The second-order valence-electron chi connectivity index (χ2n) is 4.90. The molecular formula is C14H22N2O. The summed E-state index contributed by atoms with van der Waals surface area (Å²) in [5.41, 5.74) is 1.29. The van der Waals surface area contributed by atoms with Crippen LogP contribution in [0.1, 0.15) is 20.3 Å². The van der Waals surface area contributed by atoms with E-state index in [1.165, 1.54) is 12.1 Å². The molecular weight excluding hydrogens is 212 g/mol. The number of rotatable bonds is 2. The zero-order valence-corrected chi connectivity index (χ0v) is 10.9. The molecule has 17 heavy (non-hydrogen) atoms. The van der Waals surface area contributed by atoms with Crippen molar-refractivity contribution >= 4 is 5.69 Å². The minimum Gasteiger partial charge on any atom is -0.497 e. The summed E-state index contributed by atoms with van der Waals surface area (Å²) < 4.78 is 5.19. The standard InChI is InChI=1S/C14H22N2O/c1-11-8-9-16(10-12(2)15-11)13-4-6-14(17-3)7-5-13/h4-7,11-12,15H,8-10H2,1-3H3. The van der Waals surface area contributed by atoms with Crippen LogP contribution in [0.3, 0.4) is 0 Å². The third-order valence-electron chi connectivity index (χ3n) is 3.33. The van der Waals surface area contributed by atoms with E-state index in [0.717, 1.165) is 18.8 Å². The molecule has 0 saturated carbocycles. The summed E-state index contributed by atoms with van der Waals surface area (Å²) in [5.74, 6) is 0.920. The summed E-state index contributed by atoms with van der Waals surface area (Å²) in [5, 5.41) is 3.60. The molecule has 1 aromatic carbocycles. The molecule has 1 aliphatic rings. The zero-order chi connectivity index (χ0) is 12.3. The van der Waals surface area contributed by atoms with Gasteiger partial charge in [-0.05, 0) is 44.5 Å². The van der Waals surface area contributed by atoms with Crippen molar-refractivity contribution in [2.24, 2.45) is 0 Å². The lowest BCUT2D eigenvalue weighted by atomic mass is 10.2. The fourth-order valence-corrected chi connectivity index (χ4v) is 2.42. The Bertz CT molecular complexity index is 350. The molecule has 0 radical (unpaired) electrons. The normalized spacial score (nSPS) is 25.5. The SMILES string of the molecule is COc1ccc(N2CCC(C)NC(C)C2)cc1. The number of nitrogens with zero attached hydrogens (tertiary/aromatic N) is 1. The van der Waals surface area contributed by atoms with Crippen LogP contribution >= 0.6 is 0 Å². The van der Waals surface area contributed by atoms with Crippen LogP contribution in [0.2, 0.25) is 0 Å². The van der Waals surface area contributed by atoms with Gasteiger partial charge in [0.25, 0.3) is 0 Å². The first-order valence-electron chi connectivity index (χ1n) is 6.34. The summed E-state index contributed by atoms with van der Waals surface area (Å²) >= 11 is 0. The lowest BCUT2D eigenvalue weighted by Gasteiger charge is -2.24. The minimum atomic E-state index is 0.537. The summed E-state index contributed by atoms with van der Waals surface area (Å²) in [7, 11) is 1.70. The van der Waals surface area contributed by atoms with Crippen molar-refractivity contribution in [1.82, 2.24) is 5.32 Å². The van der Waals surface area contributed by atoms with Crippen LogP contribution in [-0.2, 0) is 0 Å². The van der Waals surface area contributed by atoms with Crippen LogP contribution in [0.25, 0.3) is 0 Å². The molecule has 0 bridgehead atoms. The molecule has 94 valence electrons. The second-order valence-corrected chi connectivity index (χ2v) is 4.90. The average molecular weight is 234 g/mol. The topological polar surface area (TPSA) is 24.5 Å². The monoisotopic (exact) mass is 234 g/mol. The molecule has 1 aromatic rings. The van der Waals surface area contributed by atoms with E-state index in [1.54, 1.807) is 7.11 Å². The number of ether oxygens (including phenoxy) is 1. The number of hydrogen-bond acceptors (Lipinski definition) is 3. The number of anilines is 1. The molecule has 1 aliphatic heterocycles. The quantitative estimate of drug-likeness (QED) is 0.849. The first kappa shape index (κ1) is 12.2. The Balaban J connectivity index is 2.09. The van der Waals surface area contributed by atoms with Gasteiger partial charge in [-0.25, -0.2) is 0 Å². The largest absolute Gasteiger partial charge is 0.497 e. The maximum atomic E-state index is 5.19. The van der Waals surface area contributed by atoms with Crippen molar-refractivity contribution in [2.75, 3.05) is 25.1 Å². The van der Waals surface area contributed by atoms with Gasteiger partial charge >= 0.3 is 0 Å². The number of benzene rings is 1. The molecule has 0 amide bonds. The van der Waals surface area contributed by atoms with Gasteiger partial charge in [0.05, 0.1) is 7.11 Å². The summed E-state index contributed by atoms with van der Waals surface area (Å²) in [6.07, 6.45) is 1.19. The molecule has 2 rings (SSSR count). The van der Waals surface area contributed by atoms with Gasteiger partial charge in [-0.2, -0.15) is 0 Å². The molecule has 1 fully saturated rings. The lowest BCUT2D eigenvalue weighted by Crippen LogP contribution is -2.37. The van der Waals surface area contributed by atoms with Crippen molar-refractivity contribution in [3.63, 3.8) is 0 Å². The summed E-state index contributed by atoms with van der Waals surface area (Å²) in [6, 6.07) is 9.48. The molecule has 1 heterocycles. The van der Waals surface area contributed by atoms with Crippen LogP contribution in [0.5, 0.6) is 5.75 Å². The highest BCUT2D eigenvalue weighted by atomic mass is 16.5. The van der Waals surface area contributed by atoms with Crippen molar-refractivity contribution in [1.29, 1.82) is 0 Å². The van der Waals surface area contributed by atoms with Gasteiger partial charge < -0.3 is 15.0 Å². The van der Waals surface area contributed by atoms with E-state index < -0.39 is 0 Å². The number of hydrogen-bond donors (Lipinski definition) is 1. The van der Waals surface area contributed by atoms with Crippen LogP contribution in [0.4, 0.5) is 5.69 Å². The maximum Gasteiger partial charge on any atom is 0.119 e. The van der Waals surface area contributed by atoms with Crippen LogP contribution in [-0.4, -0.2) is 32.3 Å². The van der Waals surface area contributed by atoms with Crippen LogP contribution < -0.4 is 15.0 Å². The fourth-order valence-electron chi connectivity index (χ4n) is 2.42. The van der Waals surface area contributed by atoms with Crippen molar-refractivity contribution in [3.05, 3.63) is 24.3 Å². The fraction of sp³-hybridized carbons (Fsp3) is 0.571. The first-order chi connectivity index (χ1) is 8.19. The van der Waals surface area contributed by atoms with Gasteiger partial charge in [-0.3, -0.25) is 0 Å². The van der Waals surface area contributed by atoms with Crippen LogP contribution in [0, 0.1) is 0 Å². The van der Waals surface area contributed by atoms with Gasteiger partial charge in [0.1, 0.15) is 5.75 Å². The summed E-state index contributed by atoms with van der Waals surface area (Å²) in [6.45, 7) is 6.69. The van der Waals surface area contributed by atoms with E-state index in [1.807, 2.05) is 12.1 Å². The Labute approximate surface area is 104 Å². The van der Waals surface area contributed by atoms with Crippen molar-refractivity contribution < 1.29 is 4.74 Å². The number of methoxy groups -OCH3 is 1. The van der Waals surface area contributed by atoms with Gasteiger partial charge in [-0.1, -0.05) is 0 Å². The summed E-state index contributed by atoms with van der Waals surface area (Å²) in [4.78, 5) is 2.45. The third-order valence-corrected chi connectivity index (χ3v) is 3.33. The van der Waals surface area contributed by atoms with Crippen molar-refractivity contribution in [2.45, 2.75) is 32.4 Å². The highest BCUT2D eigenvalue weighted by Gasteiger charge is 2.18. The molecule has 3 nitrogen and oxygen atoms in total. The highest BCUT2D eigenvalue weighted by Crippen LogP contribution is 2.21. The van der Waals surface area contributed by atoms with E-state index in [2.05, 4.69) is 36.2 Å². The molecule has 0 spiro atoms. The van der Waals surface area contributed by atoms with E-state index in [9.17, 15) is 0 Å². The Morgan fingerprint density at radius 2 is 1.88 bits per heavy atom. The molecule has 2 unspecified atom stereocenters. The Hall–Kier alpha value is -1.22. The van der Waals surface area contributed by atoms with Gasteiger partial charge in [0.15, 0.2) is 0 Å². The molecule has 0 aromatic heterocycles. The van der Waals surface area contributed by atoms with Gasteiger partial charge in [0.2, 0.25) is 0 Å². The molecule has 3 heteroatoms. The zero-order valence-electron chi connectivity index (χ0n) is 10.9. The van der Waals surface area contributed by atoms with E-state index in [4.69, 9.17) is 4.74 Å². The second kappa shape index (κ2) is 5.41. The molecule has 1 N–H and O–H groups in total. The number of nitrogens with one attached hydrogen (secondary N) is 1. The molecule has 0 aliphatic carbocycles. The van der Waals surface area contributed by atoms with Crippen molar-refractivity contribution in [3.8, 4) is 5.75 Å². The maximum absolute atomic E-state index is 5.19. The Morgan fingerprint density at radius 3 is 2.53 bits per heavy atom. The Kier molecular flexibility index (Phi) is 3.89. The first-order valence-corrected chi connectivity index (χ1v) is 6.34.